The largest absolute Gasteiger partial charge is 0.379 e. The zero-order valence-corrected chi connectivity index (χ0v) is 13.8. The maximum Gasteiger partial charge on any atom is 0.296 e. The summed E-state index contributed by atoms with van der Waals surface area (Å²) in [7, 11) is -9.09. The number of thiazole rings is 1. The van der Waals surface area contributed by atoms with Crippen molar-refractivity contribution in [3.05, 3.63) is 33.7 Å². The Hall–Kier alpha value is -1.24. The summed E-state index contributed by atoms with van der Waals surface area (Å²) in [5, 5.41) is 2.66. The van der Waals surface area contributed by atoms with Crippen LogP contribution in [0.4, 0.5) is 5.69 Å². The Morgan fingerprint density at radius 1 is 1.18 bits per heavy atom. The highest BCUT2D eigenvalue weighted by Gasteiger charge is 2.19. The zero-order valence-electron chi connectivity index (χ0n) is 10.6. The van der Waals surface area contributed by atoms with Crippen LogP contribution in [0.15, 0.2) is 34.2 Å². The molecule has 0 saturated carbocycles. The number of nitrogens with one attached hydrogen (secondary N) is 1. The Labute approximate surface area is 135 Å². The molecule has 1 heterocycles. The molecule has 0 spiro atoms. The first-order valence-corrected chi connectivity index (χ1v) is 9.58. The summed E-state index contributed by atoms with van der Waals surface area (Å²) < 4.78 is 63.3. The lowest BCUT2D eigenvalue weighted by Gasteiger charge is -2.10. The van der Waals surface area contributed by atoms with Crippen molar-refractivity contribution < 1.29 is 25.9 Å². The molecule has 2 rings (SSSR count). The van der Waals surface area contributed by atoms with E-state index in [1.807, 2.05) is 0 Å². The minimum atomic E-state index is -4.57. The third-order valence-electron chi connectivity index (χ3n) is 2.51. The van der Waals surface area contributed by atoms with Gasteiger partial charge in [-0.25, -0.2) is 4.98 Å². The fourth-order valence-corrected chi connectivity index (χ4v) is 3.65. The van der Waals surface area contributed by atoms with E-state index in [4.69, 9.17) is 20.7 Å². The van der Waals surface area contributed by atoms with Gasteiger partial charge in [-0.3, -0.25) is 9.11 Å². The lowest BCUT2D eigenvalue weighted by molar-refractivity contribution is 0.478. The van der Waals surface area contributed by atoms with Crippen molar-refractivity contribution in [3.63, 3.8) is 0 Å². The fraction of sp³-hybridized carbons (Fsp3) is 0.100. The second-order valence-electron chi connectivity index (χ2n) is 4.04. The van der Waals surface area contributed by atoms with Crippen LogP contribution in [-0.4, -0.2) is 30.9 Å². The van der Waals surface area contributed by atoms with Crippen LogP contribution in [0, 0.1) is 0 Å². The Morgan fingerprint density at radius 3 is 2.36 bits per heavy atom. The number of hydrogen-bond acceptors (Lipinski definition) is 7. The van der Waals surface area contributed by atoms with Crippen molar-refractivity contribution in [1.29, 1.82) is 0 Å². The summed E-state index contributed by atoms with van der Waals surface area (Å²) in [4.78, 5) is 3.43. The van der Waals surface area contributed by atoms with Gasteiger partial charge in [0.15, 0.2) is 4.47 Å². The number of nitrogens with zero attached hydrogens (tertiary/aromatic N) is 1. The van der Waals surface area contributed by atoms with Gasteiger partial charge in [0.1, 0.15) is 4.90 Å². The molecule has 2 aromatic rings. The van der Waals surface area contributed by atoms with Gasteiger partial charge in [-0.1, -0.05) is 11.6 Å². The third kappa shape index (κ3) is 4.15. The second kappa shape index (κ2) is 6.10. The quantitative estimate of drug-likeness (QED) is 0.665. The number of halogens is 1. The molecular formula is C10H9ClN2O6S3. The fourth-order valence-electron chi connectivity index (χ4n) is 1.58. The predicted molar refractivity (Wildman–Crippen MR) is 80.5 cm³/mol. The number of benzene rings is 1. The van der Waals surface area contributed by atoms with Crippen molar-refractivity contribution in [1.82, 2.24) is 4.98 Å². The Balaban J connectivity index is 2.41. The second-order valence-corrected chi connectivity index (χ2v) is 8.55. The average molecular weight is 385 g/mol. The van der Waals surface area contributed by atoms with Crippen LogP contribution in [0.2, 0.25) is 4.47 Å². The van der Waals surface area contributed by atoms with Crippen molar-refractivity contribution in [2.24, 2.45) is 0 Å². The molecule has 120 valence electrons. The van der Waals surface area contributed by atoms with Gasteiger partial charge >= 0.3 is 0 Å². The summed E-state index contributed by atoms with van der Waals surface area (Å²) >= 11 is 6.80. The summed E-state index contributed by atoms with van der Waals surface area (Å²) in [5.74, 6) is 0. The molecule has 0 aliphatic rings. The van der Waals surface area contributed by atoms with Gasteiger partial charge in [0, 0.05) is 11.1 Å². The van der Waals surface area contributed by atoms with E-state index in [1.54, 1.807) is 0 Å². The van der Waals surface area contributed by atoms with Crippen molar-refractivity contribution in [2.75, 3.05) is 5.32 Å². The molecular weight excluding hydrogens is 376 g/mol. The molecule has 22 heavy (non-hydrogen) atoms. The molecule has 0 unspecified atom stereocenters. The van der Waals surface area contributed by atoms with Gasteiger partial charge in [0.25, 0.3) is 20.2 Å². The average Bonchev–Trinajstić information content (AvgIpc) is 2.79. The molecule has 0 aliphatic heterocycles. The van der Waals surface area contributed by atoms with Crippen molar-refractivity contribution in [3.8, 4) is 0 Å². The summed E-state index contributed by atoms with van der Waals surface area (Å²) in [5.41, 5.74) is -0.179. The van der Waals surface area contributed by atoms with Crippen LogP contribution in [0.3, 0.4) is 0 Å². The Kier molecular flexibility index (Phi) is 4.75. The standard InChI is InChI=1S/C10H9ClN2O6S3/c11-10-13-5-6(20-10)4-12-8-3-7(21(14,15)16)1-2-9(8)22(17,18)19/h1-3,5,12H,4H2,(H,14,15,16)(H,17,18,19). The lowest BCUT2D eigenvalue weighted by atomic mass is 10.3. The van der Waals surface area contributed by atoms with Gasteiger partial charge < -0.3 is 5.32 Å². The topological polar surface area (TPSA) is 134 Å². The van der Waals surface area contributed by atoms with Crippen LogP contribution in [-0.2, 0) is 26.8 Å². The highest BCUT2D eigenvalue weighted by atomic mass is 35.5. The minimum absolute atomic E-state index is 0.0990. The van der Waals surface area contributed by atoms with Gasteiger partial charge in [0.05, 0.1) is 17.1 Å². The summed E-state index contributed by atoms with van der Waals surface area (Å²) in [6.45, 7) is 0.0990. The van der Waals surface area contributed by atoms with Crippen LogP contribution >= 0.6 is 22.9 Å². The lowest BCUT2D eigenvalue weighted by Crippen LogP contribution is -2.08. The Morgan fingerprint density at radius 2 is 1.86 bits per heavy atom. The Bertz CT molecular complexity index is 906. The molecule has 0 atom stereocenters. The molecule has 12 heteroatoms. The summed E-state index contributed by atoms with van der Waals surface area (Å²) in [6.07, 6.45) is 1.46. The first-order valence-electron chi connectivity index (χ1n) is 5.50. The van der Waals surface area contributed by atoms with E-state index >= 15 is 0 Å². The zero-order chi connectivity index (χ0) is 16.5. The molecule has 0 radical (unpaired) electrons. The molecule has 8 nitrogen and oxygen atoms in total. The van der Waals surface area contributed by atoms with Gasteiger partial charge in [-0.2, -0.15) is 16.8 Å². The van der Waals surface area contributed by atoms with E-state index < -0.39 is 30.0 Å². The highest BCUT2D eigenvalue weighted by molar-refractivity contribution is 7.86. The predicted octanol–water partition coefficient (Wildman–Crippen LogP) is 1.90. The molecule has 0 amide bonds. The maximum atomic E-state index is 11.3. The highest BCUT2D eigenvalue weighted by Crippen LogP contribution is 2.26. The van der Waals surface area contributed by atoms with Gasteiger partial charge in [0.2, 0.25) is 0 Å². The van der Waals surface area contributed by atoms with Crippen LogP contribution in [0.1, 0.15) is 4.88 Å². The number of hydrogen-bond donors (Lipinski definition) is 3. The van der Waals surface area contributed by atoms with E-state index in [9.17, 15) is 16.8 Å². The number of rotatable bonds is 5. The van der Waals surface area contributed by atoms with E-state index in [1.165, 1.54) is 6.20 Å². The first-order chi connectivity index (χ1) is 10.1. The molecule has 1 aromatic heterocycles. The smallest absolute Gasteiger partial charge is 0.296 e. The molecule has 1 aromatic carbocycles. The van der Waals surface area contributed by atoms with Crippen molar-refractivity contribution >= 4 is 48.9 Å². The first kappa shape index (κ1) is 17.1. The minimum Gasteiger partial charge on any atom is -0.379 e. The third-order valence-corrected chi connectivity index (χ3v) is 5.38. The van der Waals surface area contributed by atoms with Crippen LogP contribution < -0.4 is 5.32 Å². The van der Waals surface area contributed by atoms with E-state index in [0.717, 1.165) is 29.5 Å². The van der Waals surface area contributed by atoms with E-state index in [-0.39, 0.29) is 12.2 Å². The molecule has 0 saturated heterocycles. The maximum absolute atomic E-state index is 11.3. The van der Waals surface area contributed by atoms with Crippen LogP contribution in [0.5, 0.6) is 0 Å². The van der Waals surface area contributed by atoms with Crippen molar-refractivity contribution in [2.45, 2.75) is 16.3 Å². The molecule has 0 aliphatic carbocycles. The van der Waals surface area contributed by atoms with E-state index in [0.29, 0.717) is 9.34 Å². The molecule has 0 bridgehead atoms. The number of anilines is 1. The monoisotopic (exact) mass is 384 g/mol. The van der Waals surface area contributed by atoms with E-state index in [2.05, 4.69) is 10.3 Å². The molecule has 3 N–H and O–H groups in total. The van der Waals surface area contributed by atoms with Gasteiger partial charge in [-0.05, 0) is 18.2 Å². The molecule has 0 fully saturated rings. The van der Waals surface area contributed by atoms with Gasteiger partial charge in [-0.15, -0.1) is 11.3 Å². The normalized spacial score (nSPS) is 12.3. The SMILES string of the molecule is O=S(=O)(O)c1ccc(S(=O)(=O)O)c(NCc2cnc(Cl)s2)c1. The number of aromatic nitrogens is 1. The summed E-state index contributed by atoms with van der Waals surface area (Å²) in [6, 6.07) is 2.65. The van der Waals surface area contributed by atoms with Crippen LogP contribution in [0.25, 0.3) is 0 Å².